The molecule has 0 spiro atoms. The van der Waals surface area contributed by atoms with Crippen LogP contribution in [0.2, 0.25) is 0 Å². The van der Waals surface area contributed by atoms with Crippen molar-refractivity contribution >= 4 is 23.8 Å². The minimum atomic E-state index is -0.339. The first-order valence-corrected chi connectivity index (χ1v) is 13.5. The first-order valence-electron chi connectivity index (χ1n) is 12.6. The van der Waals surface area contributed by atoms with E-state index in [1.807, 2.05) is 30.3 Å². The van der Waals surface area contributed by atoms with Crippen molar-refractivity contribution in [3.63, 3.8) is 0 Å². The maximum absolute atomic E-state index is 13.3. The number of carbonyl (C=O) groups is 2. The number of benzene rings is 1. The van der Waals surface area contributed by atoms with Crippen molar-refractivity contribution in [3.05, 3.63) is 36.1 Å². The van der Waals surface area contributed by atoms with E-state index in [2.05, 4.69) is 17.4 Å². The number of hydrogen-bond donors (Lipinski definition) is 1. The summed E-state index contributed by atoms with van der Waals surface area (Å²) >= 11 is 1.39. The number of amides is 2. The number of rotatable bonds is 9. The number of fused-ring (bicyclic) bond motifs is 2. The maximum Gasteiger partial charge on any atom is 0.410 e. The van der Waals surface area contributed by atoms with Crippen molar-refractivity contribution in [2.45, 2.75) is 61.3 Å². The highest BCUT2D eigenvalue weighted by Crippen LogP contribution is 2.44. The first kappa shape index (κ1) is 24.0. The number of nitrogens with zero attached hydrogens (tertiary/aromatic N) is 2. The van der Waals surface area contributed by atoms with Crippen LogP contribution in [-0.2, 0) is 4.74 Å². The van der Waals surface area contributed by atoms with Gasteiger partial charge in [0, 0.05) is 10.9 Å². The minimum absolute atomic E-state index is 0.0659. The van der Waals surface area contributed by atoms with Gasteiger partial charge in [0.25, 0.3) is 11.8 Å². The fourth-order valence-corrected chi connectivity index (χ4v) is 6.60. The van der Waals surface area contributed by atoms with Gasteiger partial charge in [0.15, 0.2) is 0 Å². The monoisotopic (exact) mass is 499 g/mol. The molecule has 2 aliphatic carbocycles. The summed E-state index contributed by atoms with van der Waals surface area (Å²) in [4.78, 5) is 28.1. The number of carbonyl (C=O) groups excluding carboxylic acids is 2. The van der Waals surface area contributed by atoms with Crippen LogP contribution in [0.25, 0.3) is 0 Å². The summed E-state index contributed by atoms with van der Waals surface area (Å²) in [7, 11) is 0. The smallest absolute Gasteiger partial charge is 0.410 e. The van der Waals surface area contributed by atoms with E-state index in [0.717, 1.165) is 16.7 Å². The van der Waals surface area contributed by atoms with Gasteiger partial charge in [-0.05, 0) is 61.2 Å². The Bertz CT molecular complexity index is 1020. The summed E-state index contributed by atoms with van der Waals surface area (Å²) in [6.45, 7) is 3.65. The van der Waals surface area contributed by atoms with E-state index in [1.165, 1.54) is 50.3 Å². The van der Waals surface area contributed by atoms with E-state index in [9.17, 15) is 9.59 Å². The summed E-state index contributed by atoms with van der Waals surface area (Å²) in [6, 6.07) is 9.82. The van der Waals surface area contributed by atoms with Gasteiger partial charge < -0.3 is 24.2 Å². The van der Waals surface area contributed by atoms with Gasteiger partial charge in [-0.15, -0.1) is 0 Å². The predicted molar refractivity (Wildman–Crippen MR) is 131 cm³/mol. The highest BCUT2D eigenvalue weighted by atomic mass is 32.2. The molecule has 1 N–H and O–H groups in total. The van der Waals surface area contributed by atoms with Crippen molar-refractivity contribution < 1.29 is 23.6 Å². The van der Waals surface area contributed by atoms with Crippen LogP contribution in [0.5, 0.6) is 5.88 Å². The van der Waals surface area contributed by atoms with E-state index < -0.39 is 0 Å². The van der Waals surface area contributed by atoms with Crippen LogP contribution in [0.1, 0.15) is 56.0 Å². The summed E-state index contributed by atoms with van der Waals surface area (Å²) in [5, 5.41) is 7.26. The zero-order valence-electron chi connectivity index (χ0n) is 20.1. The Hall–Kier alpha value is -2.68. The normalized spacial score (nSPS) is 24.7. The Morgan fingerprint density at radius 3 is 2.71 bits per heavy atom. The molecule has 3 fully saturated rings. The van der Waals surface area contributed by atoms with Gasteiger partial charge in [-0.3, -0.25) is 4.79 Å². The van der Waals surface area contributed by atoms with Crippen LogP contribution in [0.4, 0.5) is 4.79 Å². The highest BCUT2D eigenvalue weighted by molar-refractivity contribution is 7.99. The van der Waals surface area contributed by atoms with Crippen molar-refractivity contribution in [1.29, 1.82) is 0 Å². The molecular formula is C26H33N3O5S. The molecule has 3 unspecified atom stereocenters. The lowest BCUT2D eigenvalue weighted by Gasteiger charge is -2.41. The van der Waals surface area contributed by atoms with E-state index in [-0.39, 0.29) is 36.3 Å². The molecule has 2 aromatic rings. The van der Waals surface area contributed by atoms with Crippen molar-refractivity contribution in [1.82, 2.24) is 15.4 Å². The Morgan fingerprint density at radius 2 is 2.00 bits per heavy atom. The van der Waals surface area contributed by atoms with E-state index in [1.54, 1.807) is 4.90 Å². The molecular weight excluding hydrogens is 466 g/mol. The number of cyclic esters (lactones) is 1. The number of nitrogens with one attached hydrogen (secondary N) is 1. The molecule has 35 heavy (non-hydrogen) atoms. The lowest BCUT2D eigenvalue weighted by Crippen LogP contribution is -2.42. The van der Waals surface area contributed by atoms with Gasteiger partial charge >= 0.3 is 6.09 Å². The SMILES string of the molecule is CC(NC(=O)c1onc(OCCN2CCOC2=O)c1Sc1ccccc1)C1CC2CCCC(C2)C1. The molecule has 188 valence electrons. The standard InChI is InChI=1S/C26H33N3O5S/c1-17(20-15-18-6-5-7-19(14-18)16-20)27-24(30)22-23(35-21-8-3-2-4-9-21)25(28-34-22)32-12-10-29-11-13-33-26(29)31/h2-4,8-9,17-20H,5-7,10-16H2,1H3,(H,27,30). The molecule has 1 aliphatic heterocycles. The van der Waals surface area contributed by atoms with Gasteiger partial charge in [0.2, 0.25) is 5.76 Å². The second-order valence-corrected chi connectivity index (χ2v) is 11.0. The molecule has 2 bridgehead atoms. The summed E-state index contributed by atoms with van der Waals surface area (Å²) in [5.74, 6) is 2.25. The summed E-state index contributed by atoms with van der Waals surface area (Å²) < 4.78 is 16.3. The zero-order valence-corrected chi connectivity index (χ0v) is 20.9. The van der Waals surface area contributed by atoms with Gasteiger partial charge in [-0.2, -0.15) is 0 Å². The number of aromatic nitrogens is 1. The quantitative estimate of drug-likeness (QED) is 0.519. The summed E-state index contributed by atoms with van der Waals surface area (Å²) in [5.41, 5.74) is 0. The first-order chi connectivity index (χ1) is 17.1. The molecule has 8 nitrogen and oxygen atoms in total. The van der Waals surface area contributed by atoms with Crippen molar-refractivity contribution in [2.24, 2.45) is 17.8 Å². The molecule has 9 heteroatoms. The van der Waals surface area contributed by atoms with Gasteiger partial charge in [0.1, 0.15) is 18.1 Å². The molecule has 2 saturated carbocycles. The fourth-order valence-electron chi connectivity index (χ4n) is 5.66. The molecule has 0 radical (unpaired) electrons. The molecule has 1 saturated heterocycles. The third-order valence-corrected chi connectivity index (χ3v) is 8.54. The summed E-state index contributed by atoms with van der Waals surface area (Å²) in [6.07, 6.45) is 7.39. The molecule has 2 heterocycles. The Morgan fingerprint density at radius 1 is 1.23 bits per heavy atom. The molecule has 1 aromatic heterocycles. The van der Waals surface area contributed by atoms with Gasteiger partial charge in [0.05, 0.1) is 13.1 Å². The highest BCUT2D eigenvalue weighted by Gasteiger charge is 2.35. The van der Waals surface area contributed by atoms with E-state index in [4.69, 9.17) is 14.0 Å². The zero-order chi connectivity index (χ0) is 24.2. The lowest BCUT2D eigenvalue weighted by molar-refractivity contribution is 0.0818. The van der Waals surface area contributed by atoms with E-state index in [0.29, 0.717) is 30.5 Å². The Kier molecular flexibility index (Phi) is 7.51. The minimum Gasteiger partial charge on any atom is -0.473 e. The second-order valence-electron chi connectivity index (χ2n) is 9.90. The van der Waals surface area contributed by atoms with E-state index >= 15 is 0 Å². The van der Waals surface area contributed by atoms with Crippen LogP contribution in [-0.4, -0.2) is 54.4 Å². The van der Waals surface area contributed by atoms with Crippen LogP contribution < -0.4 is 10.1 Å². The van der Waals surface area contributed by atoms with Crippen molar-refractivity contribution in [3.8, 4) is 5.88 Å². The van der Waals surface area contributed by atoms with Crippen LogP contribution in [0.15, 0.2) is 44.6 Å². The fraction of sp³-hybridized carbons (Fsp3) is 0.577. The predicted octanol–water partition coefficient (Wildman–Crippen LogP) is 4.99. The largest absolute Gasteiger partial charge is 0.473 e. The maximum atomic E-state index is 13.3. The molecule has 3 atom stereocenters. The molecule has 3 aliphatic rings. The Labute approximate surface area is 210 Å². The average molecular weight is 500 g/mol. The average Bonchev–Trinajstić information content (AvgIpc) is 3.45. The third kappa shape index (κ3) is 5.77. The number of ether oxygens (including phenoxy) is 2. The van der Waals surface area contributed by atoms with Crippen LogP contribution in [0.3, 0.4) is 0 Å². The topological polar surface area (TPSA) is 93.9 Å². The van der Waals surface area contributed by atoms with Gasteiger partial charge in [-0.25, -0.2) is 4.79 Å². The number of hydrogen-bond acceptors (Lipinski definition) is 7. The van der Waals surface area contributed by atoms with Gasteiger partial charge in [-0.1, -0.05) is 49.2 Å². The Balaban J connectivity index is 1.27. The van der Waals surface area contributed by atoms with Crippen LogP contribution >= 0.6 is 11.8 Å². The lowest BCUT2D eigenvalue weighted by atomic mass is 9.66. The molecule has 2 amide bonds. The molecule has 5 rings (SSSR count). The van der Waals surface area contributed by atoms with Crippen LogP contribution in [0, 0.1) is 17.8 Å². The second kappa shape index (κ2) is 10.9. The third-order valence-electron chi connectivity index (χ3n) is 7.46. The molecule has 1 aromatic carbocycles. The van der Waals surface area contributed by atoms with Crippen molar-refractivity contribution in [2.75, 3.05) is 26.3 Å².